The first kappa shape index (κ1) is 24.7. The van der Waals surface area contributed by atoms with Crippen molar-refractivity contribution in [1.29, 1.82) is 10.5 Å². The molecule has 0 fully saturated rings. The van der Waals surface area contributed by atoms with E-state index in [0.29, 0.717) is 11.3 Å². The van der Waals surface area contributed by atoms with Gasteiger partial charge in [0.05, 0.1) is 39.6 Å². The van der Waals surface area contributed by atoms with Crippen molar-refractivity contribution in [3.63, 3.8) is 0 Å². The second-order valence-electron chi connectivity index (χ2n) is 7.17. The summed E-state index contributed by atoms with van der Waals surface area (Å²) < 4.78 is 43.6. The molecule has 0 aromatic heterocycles. The van der Waals surface area contributed by atoms with E-state index in [1.807, 2.05) is 12.1 Å². The van der Waals surface area contributed by atoms with E-state index < -0.39 is 21.7 Å². The number of nitrogens with two attached hydrogens (primary N) is 1. The van der Waals surface area contributed by atoms with Gasteiger partial charge in [0.2, 0.25) is 15.9 Å². The molecule has 0 aliphatic heterocycles. The summed E-state index contributed by atoms with van der Waals surface area (Å²) >= 11 is 6.08. The van der Waals surface area contributed by atoms with Crippen molar-refractivity contribution in [1.82, 2.24) is 0 Å². The molecule has 3 aromatic carbocycles. The standard InChI is InChI=1S/C23H16ClFN4O4S/c1-13-6-18(34(28,31)32)3-5-20(13)29-21(30)10-16-2-4-19(24)23(22(16)25)33-17-8-14(11-26)7-15(9-17)12-27/h2-9H,10H2,1H3,(H,29,30)(H2,28,31,32). The minimum absolute atomic E-state index is 0.0207. The largest absolute Gasteiger partial charge is 0.453 e. The number of nitriles is 2. The molecule has 0 aliphatic carbocycles. The summed E-state index contributed by atoms with van der Waals surface area (Å²) in [6, 6.07) is 14.4. The highest BCUT2D eigenvalue weighted by molar-refractivity contribution is 7.89. The topological polar surface area (TPSA) is 146 Å². The Labute approximate surface area is 200 Å². The van der Waals surface area contributed by atoms with E-state index in [1.54, 1.807) is 6.92 Å². The van der Waals surface area contributed by atoms with Crippen LogP contribution in [0.1, 0.15) is 22.3 Å². The number of hydrogen-bond acceptors (Lipinski definition) is 6. The lowest BCUT2D eigenvalue weighted by molar-refractivity contribution is -0.115. The Morgan fingerprint density at radius 1 is 1.12 bits per heavy atom. The molecule has 0 aliphatic rings. The van der Waals surface area contributed by atoms with Gasteiger partial charge in [-0.15, -0.1) is 0 Å². The van der Waals surface area contributed by atoms with Gasteiger partial charge in [-0.25, -0.2) is 17.9 Å². The lowest BCUT2D eigenvalue weighted by Crippen LogP contribution is -2.17. The Kier molecular flexibility index (Phi) is 7.18. The lowest BCUT2D eigenvalue weighted by Gasteiger charge is -2.13. The highest BCUT2D eigenvalue weighted by Gasteiger charge is 2.18. The third-order valence-electron chi connectivity index (χ3n) is 4.67. The van der Waals surface area contributed by atoms with Crippen LogP contribution in [-0.4, -0.2) is 14.3 Å². The molecule has 8 nitrogen and oxygen atoms in total. The number of rotatable bonds is 6. The second kappa shape index (κ2) is 9.89. The van der Waals surface area contributed by atoms with Gasteiger partial charge in [0.1, 0.15) is 5.75 Å². The van der Waals surface area contributed by atoms with Crippen LogP contribution in [0.3, 0.4) is 0 Å². The predicted octanol–water partition coefficient (Wildman–Crippen LogP) is 4.15. The second-order valence-corrected chi connectivity index (χ2v) is 9.14. The highest BCUT2D eigenvalue weighted by Crippen LogP contribution is 2.35. The molecule has 0 spiro atoms. The van der Waals surface area contributed by atoms with Crippen molar-refractivity contribution < 1.29 is 22.3 Å². The molecular weight excluding hydrogens is 483 g/mol. The normalized spacial score (nSPS) is 10.8. The van der Waals surface area contributed by atoms with Crippen LogP contribution >= 0.6 is 11.6 Å². The fraction of sp³-hybridized carbons (Fsp3) is 0.0870. The van der Waals surface area contributed by atoms with Crippen molar-refractivity contribution in [3.8, 4) is 23.6 Å². The molecule has 0 bridgehead atoms. The van der Waals surface area contributed by atoms with Crippen LogP contribution in [-0.2, 0) is 21.2 Å². The maximum atomic E-state index is 15.1. The Balaban J connectivity index is 1.83. The summed E-state index contributed by atoms with van der Waals surface area (Å²) in [5.74, 6) is -1.79. The maximum Gasteiger partial charge on any atom is 0.238 e. The number of halogens is 2. The van der Waals surface area contributed by atoms with E-state index in [-0.39, 0.29) is 44.5 Å². The maximum absolute atomic E-state index is 15.1. The zero-order chi connectivity index (χ0) is 25.0. The zero-order valence-electron chi connectivity index (χ0n) is 17.6. The molecule has 0 unspecified atom stereocenters. The van der Waals surface area contributed by atoms with Gasteiger partial charge in [0.25, 0.3) is 0 Å². The van der Waals surface area contributed by atoms with Gasteiger partial charge in [0.15, 0.2) is 11.6 Å². The van der Waals surface area contributed by atoms with Gasteiger partial charge in [-0.1, -0.05) is 17.7 Å². The van der Waals surface area contributed by atoms with Gasteiger partial charge in [-0.2, -0.15) is 10.5 Å². The monoisotopic (exact) mass is 498 g/mol. The van der Waals surface area contributed by atoms with Crippen LogP contribution in [0.2, 0.25) is 5.02 Å². The molecule has 0 radical (unpaired) electrons. The quantitative estimate of drug-likeness (QED) is 0.521. The molecule has 34 heavy (non-hydrogen) atoms. The number of nitrogens with one attached hydrogen (secondary N) is 1. The Morgan fingerprint density at radius 2 is 1.76 bits per heavy atom. The molecule has 3 rings (SSSR count). The number of aryl methyl sites for hydroxylation is 1. The number of amides is 1. The fourth-order valence-electron chi connectivity index (χ4n) is 3.03. The average Bonchev–Trinajstić information content (AvgIpc) is 2.78. The summed E-state index contributed by atoms with van der Waals surface area (Å²) in [6.07, 6.45) is -0.378. The van der Waals surface area contributed by atoms with E-state index in [2.05, 4.69) is 5.32 Å². The first-order valence-electron chi connectivity index (χ1n) is 9.55. The van der Waals surface area contributed by atoms with Gasteiger partial charge in [0, 0.05) is 11.3 Å². The highest BCUT2D eigenvalue weighted by atomic mass is 35.5. The van der Waals surface area contributed by atoms with Crippen molar-refractivity contribution in [2.75, 3.05) is 5.32 Å². The molecule has 0 heterocycles. The number of ether oxygens (including phenoxy) is 1. The van der Waals surface area contributed by atoms with E-state index in [1.165, 1.54) is 48.5 Å². The van der Waals surface area contributed by atoms with Crippen molar-refractivity contribution in [2.24, 2.45) is 5.14 Å². The Hall–Kier alpha value is -3.96. The van der Waals surface area contributed by atoms with Gasteiger partial charge >= 0.3 is 0 Å². The molecule has 172 valence electrons. The van der Waals surface area contributed by atoms with E-state index in [9.17, 15) is 13.2 Å². The number of carbonyl (C=O) groups is 1. The molecule has 3 aromatic rings. The number of benzene rings is 3. The number of hydrogen-bond donors (Lipinski definition) is 2. The van der Waals surface area contributed by atoms with E-state index in [4.69, 9.17) is 32.0 Å². The minimum atomic E-state index is -3.89. The summed E-state index contributed by atoms with van der Waals surface area (Å²) in [7, 11) is -3.89. The first-order valence-corrected chi connectivity index (χ1v) is 11.5. The van der Waals surface area contributed by atoms with Crippen LogP contribution < -0.4 is 15.2 Å². The van der Waals surface area contributed by atoms with Gasteiger partial charge in [-0.3, -0.25) is 4.79 Å². The molecule has 11 heteroatoms. The number of primary sulfonamides is 1. The average molecular weight is 499 g/mol. The molecule has 0 saturated carbocycles. The number of sulfonamides is 1. The van der Waals surface area contributed by atoms with Gasteiger partial charge < -0.3 is 10.1 Å². The smallest absolute Gasteiger partial charge is 0.238 e. The summed E-state index contributed by atoms with van der Waals surface area (Å²) in [5.41, 5.74) is 1.05. The summed E-state index contributed by atoms with van der Waals surface area (Å²) in [6.45, 7) is 1.59. The predicted molar refractivity (Wildman–Crippen MR) is 122 cm³/mol. The van der Waals surface area contributed by atoms with Crippen LogP contribution in [0.5, 0.6) is 11.5 Å². The van der Waals surface area contributed by atoms with E-state index >= 15 is 4.39 Å². The van der Waals surface area contributed by atoms with Crippen LogP contribution in [0.4, 0.5) is 10.1 Å². The molecule has 1 amide bonds. The first-order chi connectivity index (χ1) is 16.0. The number of nitrogens with zero attached hydrogens (tertiary/aromatic N) is 2. The van der Waals surface area contributed by atoms with Crippen molar-refractivity contribution >= 4 is 33.2 Å². The minimum Gasteiger partial charge on any atom is -0.453 e. The number of carbonyl (C=O) groups excluding carboxylic acids is 1. The van der Waals surface area contributed by atoms with E-state index in [0.717, 1.165) is 0 Å². The molecule has 0 saturated heterocycles. The fourth-order valence-corrected chi connectivity index (χ4v) is 3.81. The summed E-state index contributed by atoms with van der Waals surface area (Å²) in [4.78, 5) is 12.4. The SMILES string of the molecule is Cc1cc(S(N)(=O)=O)ccc1NC(=O)Cc1ccc(Cl)c(Oc2cc(C#N)cc(C#N)c2)c1F. The zero-order valence-corrected chi connectivity index (χ0v) is 19.2. The molecule has 3 N–H and O–H groups in total. The molecular formula is C23H16ClFN4O4S. The summed E-state index contributed by atoms with van der Waals surface area (Å²) in [5, 5.41) is 25.8. The number of anilines is 1. The van der Waals surface area contributed by atoms with Crippen molar-refractivity contribution in [2.45, 2.75) is 18.2 Å². The van der Waals surface area contributed by atoms with Crippen LogP contribution in [0.25, 0.3) is 0 Å². The third-order valence-corrected chi connectivity index (χ3v) is 5.87. The van der Waals surface area contributed by atoms with Crippen molar-refractivity contribution in [3.05, 3.63) is 81.6 Å². The lowest BCUT2D eigenvalue weighted by atomic mass is 10.1. The third kappa shape index (κ3) is 5.69. The molecule has 0 atom stereocenters. The van der Waals surface area contributed by atoms with Crippen LogP contribution in [0, 0.1) is 35.4 Å². The van der Waals surface area contributed by atoms with Gasteiger partial charge in [-0.05, 0) is 55.0 Å². The van der Waals surface area contributed by atoms with Crippen LogP contribution in [0.15, 0.2) is 53.4 Å². The Morgan fingerprint density at radius 3 is 2.32 bits per heavy atom. The Bertz CT molecular complexity index is 1460.